The van der Waals surface area contributed by atoms with Crippen molar-refractivity contribution >= 4 is 11.6 Å². The summed E-state index contributed by atoms with van der Waals surface area (Å²) >= 11 is 7.00. The van der Waals surface area contributed by atoms with Crippen LogP contribution in [0.2, 0.25) is 5.02 Å². The number of fused-ring (bicyclic) bond motifs is 1. The molecule has 4 nitrogen and oxygen atoms in total. The maximum absolute atomic E-state index is 7.00. The number of hydrogen-bond acceptors (Lipinski definition) is 4. The minimum atomic E-state index is -0.321. The molecule has 1 saturated heterocycles. The van der Waals surface area contributed by atoms with Crippen LogP contribution >= 0.6 is 11.6 Å². The first-order chi connectivity index (χ1) is 20.6. The van der Waals surface area contributed by atoms with Crippen molar-refractivity contribution in [3.8, 4) is 5.75 Å². The van der Waals surface area contributed by atoms with E-state index in [0.717, 1.165) is 46.4 Å². The average molecular weight is 583 g/mol. The summed E-state index contributed by atoms with van der Waals surface area (Å²) in [6.07, 6.45) is 1.62. The van der Waals surface area contributed by atoms with Gasteiger partial charge in [0.1, 0.15) is 18.0 Å². The van der Waals surface area contributed by atoms with Gasteiger partial charge in [0, 0.05) is 17.9 Å². The van der Waals surface area contributed by atoms with Crippen molar-refractivity contribution in [3.05, 3.63) is 135 Å². The van der Waals surface area contributed by atoms with Gasteiger partial charge in [-0.2, -0.15) is 0 Å². The lowest BCUT2D eigenvalue weighted by molar-refractivity contribution is -0.235. The lowest BCUT2D eigenvalue weighted by Gasteiger charge is -2.46. The van der Waals surface area contributed by atoms with Crippen LogP contribution in [0.25, 0.3) is 0 Å². The Bertz CT molecular complexity index is 1440. The van der Waals surface area contributed by atoms with Crippen LogP contribution in [-0.2, 0) is 40.3 Å². The van der Waals surface area contributed by atoms with Gasteiger partial charge in [0.15, 0.2) is 0 Å². The molecule has 5 atom stereocenters. The van der Waals surface area contributed by atoms with E-state index in [1.807, 2.05) is 30.3 Å². The SMILES string of the molecule is CC[C@H]1O[C@@H](c2cc(Cc3ccccc3)c(Cl)c3c2CCO3)[C@H](OCc2ccccc2)[C@@H](OCc2ccccc2)[C@@H]1C. The summed E-state index contributed by atoms with van der Waals surface area (Å²) in [5.41, 5.74) is 6.74. The molecule has 0 radical (unpaired) electrons. The molecule has 0 unspecified atom stereocenters. The lowest BCUT2D eigenvalue weighted by atomic mass is 9.82. The van der Waals surface area contributed by atoms with E-state index in [1.54, 1.807) is 0 Å². The molecule has 0 spiro atoms. The minimum absolute atomic E-state index is 0.0265. The fraction of sp³-hybridized carbons (Fsp3) is 0.351. The Kier molecular flexibility index (Phi) is 9.26. The lowest BCUT2D eigenvalue weighted by Crippen LogP contribution is -2.52. The van der Waals surface area contributed by atoms with Crippen LogP contribution in [0.3, 0.4) is 0 Å². The monoisotopic (exact) mass is 582 g/mol. The Morgan fingerprint density at radius 1 is 0.786 bits per heavy atom. The van der Waals surface area contributed by atoms with E-state index in [-0.39, 0.29) is 30.3 Å². The Balaban J connectivity index is 1.40. The van der Waals surface area contributed by atoms with Crippen molar-refractivity contribution in [1.82, 2.24) is 0 Å². The second-order valence-electron chi connectivity index (χ2n) is 11.4. The van der Waals surface area contributed by atoms with Gasteiger partial charge in [0.05, 0.1) is 37.1 Å². The van der Waals surface area contributed by atoms with E-state index >= 15 is 0 Å². The molecule has 1 fully saturated rings. The van der Waals surface area contributed by atoms with Gasteiger partial charge in [-0.3, -0.25) is 0 Å². The molecular weight excluding hydrogens is 544 g/mol. The van der Waals surface area contributed by atoms with Crippen molar-refractivity contribution < 1.29 is 18.9 Å². The van der Waals surface area contributed by atoms with Gasteiger partial charge < -0.3 is 18.9 Å². The van der Waals surface area contributed by atoms with Gasteiger partial charge in [0.2, 0.25) is 0 Å². The van der Waals surface area contributed by atoms with Gasteiger partial charge in [-0.1, -0.05) is 123 Å². The molecule has 0 saturated carbocycles. The third-order valence-corrected chi connectivity index (χ3v) is 9.01. The molecule has 0 bridgehead atoms. The summed E-state index contributed by atoms with van der Waals surface area (Å²) in [7, 11) is 0. The topological polar surface area (TPSA) is 36.9 Å². The highest BCUT2D eigenvalue weighted by atomic mass is 35.5. The highest BCUT2D eigenvalue weighted by molar-refractivity contribution is 6.33. The third kappa shape index (κ3) is 6.28. The predicted octanol–water partition coefficient (Wildman–Crippen LogP) is 8.52. The van der Waals surface area contributed by atoms with E-state index < -0.39 is 0 Å². The molecule has 0 aromatic heterocycles. The highest BCUT2D eigenvalue weighted by Gasteiger charge is 2.46. The zero-order valence-electron chi connectivity index (χ0n) is 24.4. The zero-order chi connectivity index (χ0) is 28.9. The van der Waals surface area contributed by atoms with Crippen molar-refractivity contribution in [1.29, 1.82) is 0 Å². The van der Waals surface area contributed by atoms with Crippen molar-refractivity contribution in [2.75, 3.05) is 6.61 Å². The molecule has 5 heteroatoms. The quantitative estimate of drug-likeness (QED) is 0.188. The van der Waals surface area contributed by atoms with Crippen LogP contribution in [0.5, 0.6) is 5.75 Å². The predicted molar refractivity (Wildman–Crippen MR) is 167 cm³/mol. The van der Waals surface area contributed by atoms with Crippen LogP contribution in [0.15, 0.2) is 97.1 Å². The van der Waals surface area contributed by atoms with E-state index in [1.165, 1.54) is 5.56 Å². The van der Waals surface area contributed by atoms with Crippen molar-refractivity contribution in [2.24, 2.45) is 5.92 Å². The molecule has 4 aromatic rings. The first-order valence-corrected chi connectivity index (χ1v) is 15.5. The molecule has 2 aliphatic heterocycles. The van der Waals surface area contributed by atoms with Crippen molar-refractivity contribution in [3.63, 3.8) is 0 Å². The molecule has 0 N–H and O–H groups in total. The molecule has 42 heavy (non-hydrogen) atoms. The minimum Gasteiger partial charge on any atom is -0.491 e. The van der Waals surface area contributed by atoms with Crippen LogP contribution in [0, 0.1) is 5.92 Å². The summed E-state index contributed by atoms with van der Waals surface area (Å²) in [5.74, 6) is 0.940. The zero-order valence-corrected chi connectivity index (χ0v) is 25.1. The van der Waals surface area contributed by atoms with Gasteiger partial charge in [-0.05, 0) is 40.7 Å². The third-order valence-electron chi connectivity index (χ3n) is 8.60. The summed E-state index contributed by atoms with van der Waals surface area (Å²) < 4.78 is 26.7. The molecule has 218 valence electrons. The largest absolute Gasteiger partial charge is 0.491 e. The Morgan fingerprint density at radius 2 is 1.36 bits per heavy atom. The highest BCUT2D eigenvalue weighted by Crippen LogP contribution is 2.47. The number of rotatable bonds is 10. The van der Waals surface area contributed by atoms with E-state index in [2.05, 4.69) is 80.6 Å². The number of halogens is 1. The average Bonchev–Trinajstić information content (AvgIpc) is 3.53. The van der Waals surface area contributed by atoms with Gasteiger partial charge in [0.25, 0.3) is 0 Å². The standard InChI is InChI=1S/C37H39ClO4/c1-3-32-25(2)34(40-23-27-15-9-5-10-16-27)37(41-24-28-17-11-6-12-18-28)36(42-32)31-22-29(21-26-13-7-4-8-14-26)33(38)35-30(31)19-20-39-35/h4-18,22,25,32,34,36-37H,3,19-21,23-24H2,1-2H3/t25-,32-,34+,36+,37-/m1/s1. The van der Waals surface area contributed by atoms with E-state index in [4.69, 9.17) is 30.5 Å². The Morgan fingerprint density at radius 3 is 1.95 bits per heavy atom. The molecule has 6 rings (SSSR count). The molecule has 2 heterocycles. The van der Waals surface area contributed by atoms with Crippen LogP contribution in [0.1, 0.15) is 59.8 Å². The summed E-state index contributed by atoms with van der Waals surface area (Å²) in [4.78, 5) is 0. The summed E-state index contributed by atoms with van der Waals surface area (Å²) in [6, 6.07) is 33.4. The van der Waals surface area contributed by atoms with E-state index in [0.29, 0.717) is 31.3 Å². The molecule has 4 aromatic carbocycles. The second kappa shape index (κ2) is 13.4. The smallest absolute Gasteiger partial charge is 0.141 e. The Hall–Kier alpha value is -3.15. The fourth-order valence-corrected chi connectivity index (χ4v) is 6.65. The molecule has 0 aliphatic carbocycles. The van der Waals surface area contributed by atoms with Gasteiger partial charge >= 0.3 is 0 Å². The van der Waals surface area contributed by atoms with Crippen molar-refractivity contribution in [2.45, 2.75) is 70.7 Å². The van der Waals surface area contributed by atoms with Gasteiger partial charge in [-0.25, -0.2) is 0 Å². The van der Waals surface area contributed by atoms with Crippen LogP contribution in [-0.4, -0.2) is 24.9 Å². The maximum atomic E-state index is 7.00. The fourth-order valence-electron chi connectivity index (χ4n) is 6.36. The second-order valence-corrected chi connectivity index (χ2v) is 11.8. The number of benzene rings is 4. The maximum Gasteiger partial charge on any atom is 0.141 e. The number of hydrogen-bond donors (Lipinski definition) is 0. The molecular formula is C37H39ClO4. The first kappa shape index (κ1) is 28.9. The summed E-state index contributed by atoms with van der Waals surface area (Å²) in [6.45, 7) is 6.03. The van der Waals surface area contributed by atoms with Crippen LogP contribution in [0.4, 0.5) is 0 Å². The summed E-state index contributed by atoms with van der Waals surface area (Å²) in [5, 5.41) is 0.699. The first-order valence-electron chi connectivity index (χ1n) is 15.1. The van der Waals surface area contributed by atoms with E-state index in [9.17, 15) is 0 Å². The Labute approximate surface area is 254 Å². The number of ether oxygens (including phenoxy) is 4. The normalized spacial score (nSPS) is 23.4. The van der Waals surface area contributed by atoms with Crippen LogP contribution < -0.4 is 4.74 Å². The van der Waals surface area contributed by atoms with Gasteiger partial charge in [-0.15, -0.1) is 0 Å². The molecule has 0 amide bonds. The molecule has 2 aliphatic rings.